The summed E-state index contributed by atoms with van der Waals surface area (Å²) in [6, 6.07) is 3.83. The maximum absolute atomic E-state index is 9.12. The van der Waals surface area contributed by atoms with E-state index in [1.54, 1.807) is 23.8 Å². The third-order valence-electron chi connectivity index (χ3n) is 1.93. The zero-order valence-corrected chi connectivity index (χ0v) is 9.81. The predicted molar refractivity (Wildman–Crippen MR) is 60.1 cm³/mol. The average Bonchev–Trinajstić information content (AvgIpc) is 2.60. The van der Waals surface area contributed by atoms with Crippen LogP contribution < -0.4 is 4.74 Å². The molecule has 0 aliphatic rings. The van der Waals surface area contributed by atoms with Gasteiger partial charge in [-0.3, -0.25) is 0 Å². The van der Waals surface area contributed by atoms with Crippen LogP contribution in [0.4, 0.5) is 0 Å². The number of ether oxygens (including phenoxy) is 1. The number of pyridine rings is 1. The van der Waals surface area contributed by atoms with Gasteiger partial charge in [0.15, 0.2) is 5.75 Å². The first-order valence-electron chi connectivity index (χ1n) is 4.60. The van der Waals surface area contributed by atoms with Crippen LogP contribution in [-0.2, 0) is 0 Å². The lowest BCUT2D eigenvalue weighted by molar-refractivity contribution is 0.122. The van der Waals surface area contributed by atoms with E-state index >= 15 is 0 Å². The molecule has 1 N–H and O–H groups in total. The van der Waals surface area contributed by atoms with Gasteiger partial charge in [-0.1, -0.05) is 0 Å². The molecule has 2 aromatic heterocycles. The average molecular weight is 271 g/mol. The maximum Gasteiger partial charge on any atom is 0.151 e. The normalized spacial score (nSPS) is 13.0. The Bertz CT molecular complexity index is 467. The zero-order chi connectivity index (χ0) is 10.8. The van der Waals surface area contributed by atoms with Crippen LogP contribution in [0.2, 0.25) is 0 Å². The van der Waals surface area contributed by atoms with E-state index in [1.165, 1.54) is 0 Å². The lowest BCUT2D eigenvalue weighted by Crippen LogP contribution is -2.13. The Hall–Kier alpha value is -1.07. The summed E-state index contributed by atoms with van der Waals surface area (Å²) in [5.41, 5.74) is 0.992. The minimum atomic E-state index is -0.481. The molecular formula is C10H11BrN2O2. The first kappa shape index (κ1) is 10.4. The first-order chi connectivity index (χ1) is 7.16. The summed E-state index contributed by atoms with van der Waals surface area (Å²) in [5, 5.41) is 13.2. The van der Waals surface area contributed by atoms with Gasteiger partial charge in [0.05, 0.1) is 22.3 Å². The summed E-state index contributed by atoms with van der Waals surface area (Å²) in [6.07, 6.45) is 3.02. The minimum Gasteiger partial charge on any atom is -0.488 e. The first-order valence-corrected chi connectivity index (χ1v) is 5.40. The van der Waals surface area contributed by atoms with E-state index in [0.29, 0.717) is 5.75 Å². The summed E-state index contributed by atoms with van der Waals surface area (Å²) in [6.45, 7) is 1.95. The Labute approximate surface area is 95.6 Å². The SMILES string of the molecule is C[C@H](O)COc1cn2nccc2cc1Br. The Balaban J connectivity index is 2.29. The summed E-state index contributed by atoms with van der Waals surface area (Å²) in [7, 11) is 0. The number of halogens is 1. The molecule has 0 amide bonds. The van der Waals surface area contributed by atoms with Crippen molar-refractivity contribution in [2.24, 2.45) is 0 Å². The molecule has 0 saturated heterocycles. The quantitative estimate of drug-likeness (QED) is 0.926. The Morgan fingerprint density at radius 1 is 1.67 bits per heavy atom. The van der Waals surface area contributed by atoms with Gasteiger partial charge in [-0.05, 0) is 35.0 Å². The lowest BCUT2D eigenvalue weighted by atomic mass is 10.4. The van der Waals surface area contributed by atoms with Crippen molar-refractivity contribution in [2.45, 2.75) is 13.0 Å². The fraction of sp³-hybridized carbons (Fsp3) is 0.300. The van der Waals surface area contributed by atoms with E-state index in [2.05, 4.69) is 21.0 Å². The van der Waals surface area contributed by atoms with Crippen molar-refractivity contribution < 1.29 is 9.84 Å². The second-order valence-corrected chi connectivity index (χ2v) is 4.20. The molecule has 5 heteroatoms. The molecule has 0 radical (unpaired) electrons. The minimum absolute atomic E-state index is 0.269. The topological polar surface area (TPSA) is 46.8 Å². The van der Waals surface area contributed by atoms with Crippen molar-refractivity contribution in [1.29, 1.82) is 0 Å². The fourth-order valence-corrected chi connectivity index (χ4v) is 1.69. The van der Waals surface area contributed by atoms with Crippen LogP contribution in [0.5, 0.6) is 5.75 Å². The van der Waals surface area contributed by atoms with E-state index in [9.17, 15) is 0 Å². The molecule has 1 atom stereocenters. The van der Waals surface area contributed by atoms with Gasteiger partial charge in [0.25, 0.3) is 0 Å². The van der Waals surface area contributed by atoms with Crippen LogP contribution in [0.25, 0.3) is 5.52 Å². The standard InChI is InChI=1S/C10H11BrN2O2/c1-7(14)6-15-10-5-13-8(2-3-12-13)4-9(10)11/h2-5,7,14H,6H2,1H3/t7-/m0/s1. The van der Waals surface area contributed by atoms with Crippen LogP contribution in [-0.4, -0.2) is 27.4 Å². The van der Waals surface area contributed by atoms with Crippen LogP contribution in [0.3, 0.4) is 0 Å². The summed E-state index contributed by atoms with van der Waals surface area (Å²) >= 11 is 3.40. The van der Waals surface area contributed by atoms with Crippen LogP contribution >= 0.6 is 15.9 Å². The van der Waals surface area contributed by atoms with Crippen molar-refractivity contribution in [3.63, 3.8) is 0 Å². The van der Waals surface area contributed by atoms with E-state index < -0.39 is 6.10 Å². The van der Waals surface area contributed by atoms with Gasteiger partial charge in [-0.15, -0.1) is 0 Å². The highest BCUT2D eigenvalue weighted by atomic mass is 79.9. The van der Waals surface area contributed by atoms with E-state index in [-0.39, 0.29) is 6.61 Å². The molecule has 15 heavy (non-hydrogen) atoms. The van der Waals surface area contributed by atoms with Gasteiger partial charge in [0.2, 0.25) is 0 Å². The Kier molecular flexibility index (Phi) is 2.93. The molecule has 0 aliphatic heterocycles. The van der Waals surface area contributed by atoms with E-state index in [0.717, 1.165) is 9.99 Å². The number of hydrogen-bond acceptors (Lipinski definition) is 3. The Morgan fingerprint density at radius 2 is 2.47 bits per heavy atom. The molecule has 80 valence electrons. The van der Waals surface area contributed by atoms with Crippen LogP contribution in [0, 0.1) is 0 Å². The molecule has 0 saturated carbocycles. The number of aromatic nitrogens is 2. The molecule has 0 unspecified atom stereocenters. The lowest BCUT2D eigenvalue weighted by Gasteiger charge is -2.09. The van der Waals surface area contributed by atoms with Gasteiger partial charge in [-0.25, -0.2) is 4.52 Å². The Morgan fingerprint density at radius 3 is 3.20 bits per heavy atom. The molecule has 0 spiro atoms. The summed E-state index contributed by atoms with van der Waals surface area (Å²) in [4.78, 5) is 0. The van der Waals surface area contributed by atoms with Crippen LogP contribution in [0.1, 0.15) is 6.92 Å². The van der Waals surface area contributed by atoms with Crippen molar-refractivity contribution in [3.05, 3.63) is 29.0 Å². The predicted octanol–water partition coefficient (Wildman–Crippen LogP) is 1.86. The molecule has 0 aliphatic carbocycles. The number of aliphatic hydroxyl groups is 1. The number of rotatable bonds is 3. The summed E-state index contributed by atoms with van der Waals surface area (Å²) in [5.74, 6) is 0.673. The van der Waals surface area contributed by atoms with E-state index in [4.69, 9.17) is 9.84 Å². The van der Waals surface area contributed by atoms with Gasteiger partial charge in [-0.2, -0.15) is 5.10 Å². The maximum atomic E-state index is 9.12. The largest absolute Gasteiger partial charge is 0.488 e. The highest BCUT2D eigenvalue weighted by Crippen LogP contribution is 2.26. The molecule has 0 fully saturated rings. The highest BCUT2D eigenvalue weighted by molar-refractivity contribution is 9.10. The number of hydrogen-bond donors (Lipinski definition) is 1. The molecule has 0 bridgehead atoms. The van der Waals surface area contributed by atoms with Crippen LogP contribution in [0.15, 0.2) is 29.0 Å². The number of aliphatic hydroxyl groups excluding tert-OH is 1. The molecule has 2 rings (SSSR count). The zero-order valence-electron chi connectivity index (χ0n) is 8.22. The monoisotopic (exact) mass is 270 g/mol. The van der Waals surface area contributed by atoms with Crippen molar-refractivity contribution in [2.75, 3.05) is 6.61 Å². The smallest absolute Gasteiger partial charge is 0.151 e. The van der Waals surface area contributed by atoms with Gasteiger partial charge in [0.1, 0.15) is 6.61 Å². The van der Waals surface area contributed by atoms with Crippen molar-refractivity contribution in [1.82, 2.24) is 9.61 Å². The fourth-order valence-electron chi connectivity index (χ4n) is 1.24. The van der Waals surface area contributed by atoms with Gasteiger partial charge < -0.3 is 9.84 Å². The van der Waals surface area contributed by atoms with Crippen molar-refractivity contribution in [3.8, 4) is 5.75 Å². The van der Waals surface area contributed by atoms with E-state index in [1.807, 2.05) is 12.1 Å². The third kappa shape index (κ3) is 2.30. The van der Waals surface area contributed by atoms with Crippen molar-refractivity contribution >= 4 is 21.4 Å². The second-order valence-electron chi connectivity index (χ2n) is 3.35. The molecular weight excluding hydrogens is 260 g/mol. The molecule has 0 aromatic carbocycles. The molecule has 2 aromatic rings. The van der Waals surface area contributed by atoms with Gasteiger partial charge >= 0.3 is 0 Å². The molecule has 2 heterocycles. The third-order valence-corrected chi connectivity index (χ3v) is 2.55. The number of fused-ring (bicyclic) bond motifs is 1. The molecule has 4 nitrogen and oxygen atoms in total. The summed E-state index contributed by atoms with van der Waals surface area (Å²) < 4.78 is 8.00. The van der Waals surface area contributed by atoms with Gasteiger partial charge in [0, 0.05) is 6.20 Å². The number of nitrogens with zero attached hydrogens (tertiary/aromatic N) is 2. The second kappa shape index (κ2) is 4.20. The highest BCUT2D eigenvalue weighted by Gasteiger charge is 2.05.